The van der Waals surface area contributed by atoms with E-state index in [2.05, 4.69) is 19.7 Å². The zero-order valence-corrected chi connectivity index (χ0v) is 15.3. The Balaban J connectivity index is 2.14. The van der Waals surface area contributed by atoms with Crippen molar-refractivity contribution in [1.29, 1.82) is 0 Å². The lowest BCUT2D eigenvalue weighted by Gasteiger charge is -2.14. The number of benzene rings is 1. The van der Waals surface area contributed by atoms with Crippen LogP contribution in [0, 0.1) is 6.92 Å². The molecule has 27 heavy (non-hydrogen) atoms. The van der Waals surface area contributed by atoms with E-state index >= 15 is 0 Å². The highest BCUT2D eigenvalue weighted by Crippen LogP contribution is 2.34. The van der Waals surface area contributed by atoms with Gasteiger partial charge >= 0.3 is 6.36 Å². The Labute approximate surface area is 154 Å². The molecule has 0 aliphatic rings. The van der Waals surface area contributed by atoms with Gasteiger partial charge in [-0.05, 0) is 44.0 Å². The minimum Gasteiger partial charge on any atom is -0.468 e. The van der Waals surface area contributed by atoms with Crippen molar-refractivity contribution in [3.05, 3.63) is 30.1 Å². The van der Waals surface area contributed by atoms with Gasteiger partial charge in [0.15, 0.2) is 5.65 Å². The molecule has 6 nitrogen and oxygen atoms in total. The van der Waals surface area contributed by atoms with Crippen LogP contribution >= 0.6 is 0 Å². The van der Waals surface area contributed by atoms with Crippen molar-refractivity contribution >= 4 is 11.2 Å². The van der Waals surface area contributed by atoms with Crippen molar-refractivity contribution in [3.63, 3.8) is 0 Å². The summed E-state index contributed by atoms with van der Waals surface area (Å²) in [5.41, 5.74) is 2.89. The van der Waals surface area contributed by atoms with Crippen LogP contribution in [0.5, 0.6) is 11.8 Å². The average Bonchev–Trinajstić information content (AvgIpc) is 2.98. The SMILES string of the molecule is CCC(C)n1c(OC)nc2c(-c3ccc(OC(F)(F)F)cc3C)ncnc21. The predicted octanol–water partition coefficient (Wildman–Crippen LogP) is 4.68. The molecule has 0 aliphatic heterocycles. The molecule has 0 amide bonds. The second-order valence-corrected chi connectivity index (χ2v) is 6.14. The molecule has 0 radical (unpaired) electrons. The summed E-state index contributed by atoms with van der Waals surface area (Å²) >= 11 is 0. The quantitative estimate of drug-likeness (QED) is 0.643. The van der Waals surface area contributed by atoms with Crippen LogP contribution in [-0.2, 0) is 0 Å². The molecule has 9 heteroatoms. The Hall–Kier alpha value is -2.84. The highest BCUT2D eigenvalue weighted by atomic mass is 19.4. The van der Waals surface area contributed by atoms with E-state index in [1.807, 2.05) is 18.4 Å². The number of aryl methyl sites for hydroxylation is 1. The summed E-state index contributed by atoms with van der Waals surface area (Å²) in [5.74, 6) is -0.281. The van der Waals surface area contributed by atoms with Crippen LogP contribution in [0.25, 0.3) is 22.4 Å². The molecule has 1 unspecified atom stereocenters. The molecule has 0 bridgehead atoms. The molecule has 1 aromatic carbocycles. The van der Waals surface area contributed by atoms with Crippen LogP contribution in [-0.4, -0.2) is 33.0 Å². The van der Waals surface area contributed by atoms with E-state index in [1.165, 1.54) is 31.6 Å². The second kappa shape index (κ2) is 7.05. The van der Waals surface area contributed by atoms with E-state index in [0.717, 1.165) is 6.42 Å². The zero-order chi connectivity index (χ0) is 19.8. The Morgan fingerprint density at radius 3 is 2.56 bits per heavy atom. The second-order valence-electron chi connectivity index (χ2n) is 6.14. The van der Waals surface area contributed by atoms with Crippen LogP contribution in [0.15, 0.2) is 24.5 Å². The van der Waals surface area contributed by atoms with Gasteiger partial charge in [0.25, 0.3) is 6.01 Å². The number of fused-ring (bicyclic) bond motifs is 1. The van der Waals surface area contributed by atoms with Gasteiger partial charge in [0, 0.05) is 11.6 Å². The fraction of sp³-hybridized carbons (Fsp3) is 0.389. The number of hydrogen-bond donors (Lipinski definition) is 0. The lowest BCUT2D eigenvalue weighted by atomic mass is 10.0. The summed E-state index contributed by atoms with van der Waals surface area (Å²) in [6, 6.07) is 4.63. The molecule has 1 atom stereocenters. The maximum absolute atomic E-state index is 12.4. The maximum atomic E-state index is 12.4. The molecule has 3 aromatic rings. The van der Waals surface area contributed by atoms with E-state index in [0.29, 0.717) is 34.0 Å². The number of halogens is 3. The molecule has 0 spiro atoms. The number of rotatable bonds is 5. The summed E-state index contributed by atoms with van der Waals surface area (Å²) < 4.78 is 48.5. The van der Waals surface area contributed by atoms with Crippen molar-refractivity contribution in [1.82, 2.24) is 19.5 Å². The standard InChI is InChI=1S/C18H19F3N4O2/c1-5-11(3)25-16-15(24-17(25)26-4)14(22-9-23-16)13-7-6-12(8-10(13)2)27-18(19,20)21/h6-9,11H,5H2,1-4H3. The van der Waals surface area contributed by atoms with E-state index in [1.54, 1.807) is 6.92 Å². The summed E-state index contributed by atoms with van der Waals surface area (Å²) in [7, 11) is 1.53. The molecular formula is C18H19F3N4O2. The van der Waals surface area contributed by atoms with Crippen LogP contribution in [0.4, 0.5) is 13.2 Å². The lowest BCUT2D eigenvalue weighted by Crippen LogP contribution is -2.17. The summed E-state index contributed by atoms with van der Waals surface area (Å²) in [4.78, 5) is 13.2. The average molecular weight is 380 g/mol. The Morgan fingerprint density at radius 1 is 1.22 bits per heavy atom. The van der Waals surface area contributed by atoms with Gasteiger partial charge in [0.1, 0.15) is 23.3 Å². The lowest BCUT2D eigenvalue weighted by molar-refractivity contribution is -0.274. The first-order chi connectivity index (χ1) is 12.7. The number of imidazole rings is 1. The van der Waals surface area contributed by atoms with E-state index in [4.69, 9.17) is 4.74 Å². The Kier molecular flexibility index (Phi) is 4.95. The van der Waals surface area contributed by atoms with Gasteiger partial charge in [-0.3, -0.25) is 4.57 Å². The van der Waals surface area contributed by atoms with Crippen molar-refractivity contribution < 1.29 is 22.6 Å². The molecule has 0 saturated heterocycles. The van der Waals surface area contributed by atoms with Crippen molar-refractivity contribution in [2.75, 3.05) is 7.11 Å². The van der Waals surface area contributed by atoms with Crippen LogP contribution < -0.4 is 9.47 Å². The summed E-state index contributed by atoms with van der Waals surface area (Å²) in [5, 5.41) is 0. The van der Waals surface area contributed by atoms with Gasteiger partial charge in [-0.25, -0.2) is 9.97 Å². The van der Waals surface area contributed by atoms with Crippen LogP contribution in [0.3, 0.4) is 0 Å². The molecule has 0 saturated carbocycles. The third-order valence-corrected chi connectivity index (χ3v) is 4.35. The normalized spacial score (nSPS) is 13.0. The fourth-order valence-corrected chi connectivity index (χ4v) is 2.91. The highest BCUT2D eigenvalue weighted by molar-refractivity contribution is 5.89. The summed E-state index contributed by atoms with van der Waals surface area (Å²) in [6.07, 6.45) is -2.47. The number of methoxy groups -OCH3 is 1. The molecule has 2 heterocycles. The van der Waals surface area contributed by atoms with Crippen LogP contribution in [0.1, 0.15) is 31.9 Å². The molecule has 0 aliphatic carbocycles. The highest BCUT2D eigenvalue weighted by Gasteiger charge is 2.31. The minimum atomic E-state index is -4.74. The Bertz CT molecular complexity index is 969. The third kappa shape index (κ3) is 3.67. The smallest absolute Gasteiger partial charge is 0.468 e. The summed E-state index contributed by atoms with van der Waals surface area (Å²) in [6.45, 7) is 5.76. The van der Waals surface area contributed by atoms with Gasteiger partial charge in [0.05, 0.1) is 7.11 Å². The van der Waals surface area contributed by atoms with Crippen molar-refractivity contribution in [3.8, 4) is 23.0 Å². The monoisotopic (exact) mass is 380 g/mol. The van der Waals surface area contributed by atoms with Gasteiger partial charge in [-0.15, -0.1) is 13.2 Å². The Morgan fingerprint density at radius 2 is 1.96 bits per heavy atom. The first-order valence-electron chi connectivity index (χ1n) is 8.38. The first-order valence-corrected chi connectivity index (χ1v) is 8.38. The molecule has 2 aromatic heterocycles. The number of hydrogen-bond acceptors (Lipinski definition) is 5. The number of aromatic nitrogens is 4. The third-order valence-electron chi connectivity index (χ3n) is 4.35. The van der Waals surface area contributed by atoms with E-state index in [-0.39, 0.29) is 11.8 Å². The van der Waals surface area contributed by atoms with E-state index in [9.17, 15) is 13.2 Å². The van der Waals surface area contributed by atoms with Crippen molar-refractivity contribution in [2.24, 2.45) is 0 Å². The van der Waals surface area contributed by atoms with Gasteiger partial charge in [0.2, 0.25) is 0 Å². The van der Waals surface area contributed by atoms with Crippen molar-refractivity contribution in [2.45, 2.75) is 39.6 Å². The van der Waals surface area contributed by atoms with Crippen LogP contribution in [0.2, 0.25) is 0 Å². The molecule has 3 rings (SSSR count). The fourth-order valence-electron chi connectivity index (χ4n) is 2.91. The van der Waals surface area contributed by atoms with Gasteiger partial charge in [-0.1, -0.05) is 6.92 Å². The molecular weight excluding hydrogens is 361 g/mol. The molecule has 0 fully saturated rings. The number of ether oxygens (including phenoxy) is 2. The van der Waals surface area contributed by atoms with Gasteiger partial charge < -0.3 is 9.47 Å². The topological polar surface area (TPSA) is 62.1 Å². The zero-order valence-electron chi connectivity index (χ0n) is 15.3. The molecule has 144 valence electrons. The first kappa shape index (κ1) is 18.9. The largest absolute Gasteiger partial charge is 0.573 e. The van der Waals surface area contributed by atoms with E-state index < -0.39 is 6.36 Å². The van der Waals surface area contributed by atoms with Gasteiger partial charge in [-0.2, -0.15) is 4.98 Å². The maximum Gasteiger partial charge on any atom is 0.573 e. The minimum absolute atomic E-state index is 0.108. The number of nitrogens with zero attached hydrogens (tertiary/aromatic N) is 4. The number of alkyl halides is 3. The predicted molar refractivity (Wildman–Crippen MR) is 93.7 cm³/mol. The molecule has 0 N–H and O–H groups in total.